The Balaban J connectivity index is -0.000000249. The fourth-order valence-electron chi connectivity index (χ4n) is 0.763. The van der Waals surface area contributed by atoms with Gasteiger partial charge in [0.2, 0.25) is 0 Å². The van der Waals surface area contributed by atoms with Gasteiger partial charge in [-0.25, -0.2) is 0 Å². The Morgan fingerprint density at radius 1 is 1.00 bits per heavy atom. The van der Waals surface area contributed by atoms with Crippen LogP contribution in [0.25, 0.3) is 0 Å². The summed E-state index contributed by atoms with van der Waals surface area (Å²) in [6, 6.07) is 0. The van der Waals surface area contributed by atoms with Gasteiger partial charge in [0.05, 0.1) is 0 Å². The molecule has 0 aromatic rings. The second-order valence-corrected chi connectivity index (χ2v) is 5.07. The van der Waals surface area contributed by atoms with E-state index < -0.39 is 0 Å². The van der Waals surface area contributed by atoms with Crippen molar-refractivity contribution in [2.75, 3.05) is 0 Å². The molecule has 0 aromatic carbocycles. The molecule has 0 heterocycles. The van der Waals surface area contributed by atoms with Crippen LogP contribution in [0.1, 0.15) is 29.1 Å². The van der Waals surface area contributed by atoms with Gasteiger partial charge in [-0.2, -0.15) is 0 Å². The van der Waals surface area contributed by atoms with E-state index in [1.807, 2.05) is 23.3 Å². The molecule has 0 amide bonds. The summed E-state index contributed by atoms with van der Waals surface area (Å²) >= 11 is 2.75. The molecule has 0 aromatic heterocycles. The third-order valence-corrected chi connectivity index (χ3v) is 3.83. The number of hydrogen-bond donors (Lipinski definition) is 0. The van der Waals surface area contributed by atoms with Gasteiger partial charge in [-0.1, -0.05) is 0 Å². The van der Waals surface area contributed by atoms with Crippen LogP contribution >= 0.6 is 0 Å². The van der Waals surface area contributed by atoms with Crippen molar-refractivity contribution in [2.45, 2.75) is 43.9 Å². The van der Waals surface area contributed by atoms with Crippen LogP contribution in [0.4, 0.5) is 0 Å². The minimum absolute atomic E-state index is 0. The third-order valence-electron chi connectivity index (χ3n) is 1.28. The van der Waals surface area contributed by atoms with Crippen molar-refractivity contribution in [3.05, 3.63) is 0 Å². The summed E-state index contributed by atoms with van der Waals surface area (Å²) in [5.74, 6) is 1.86. The summed E-state index contributed by atoms with van der Waals surface area (Å²) in [6.07, 6.45) is 0. The van der Waals surface area contributed by atoms with Crippen molar-refractivity contribution in [2.24, 2.45) is 11.8 Å². The summed E-state index contributed by atoms with van der Waals surface area (Å²) in [7, 11) is 0. The SMILES string of the molecule is CC(C)[CH2][Al+][CH2]C(C)C.[H-].[Li][CH3]. The topological polar surface area (TPSA) is 0 Å². The zero-order valence-corrected chi connectivity index (χ0v) is 10.3. The van der Waals surface area contributed by atoms with Crippen LogP contribution in [-0.2, 0) is 0 Å². The van der Waals surface area contributed by atoms with Gasteiger partial charge in [-0.15, -0.1) is 0 Å². The maximum absolute atomic E-state index is 2.31. The molecular formula is C9H22AlLi. The van der Waals surface area contributed by atoms with Crippen LogP contribution in [0.3, 0.4) is 0 Å². The number of hydrogen-bond acceptors (Lipinski definition) is 0. The van der Waals surface area contributed by atoms with E-state index in [0.29, 0.717) is 0 Å². The van der Waals surface area contributed by atoms with Crippen LogP contribution in [-0.4, -0.2) is 32.9 Å². The van der Waals surface area contributed by atoms with Crippen LogP contribution < -0.4 is 0 Å². The van der Waals surface area contributed by atoms with Crippen LogP contribution in [0.15, 0.2) is 0 Å². The van der Waals surface area contributed by atoms with Crippen molar-refractivity contribution in [3.8, 4) is 0 Å². The fourth-order valence-corrected chi connectivity index (χ4v) is 2.29. The number of rotatable bonds is 4. The second-order valence-electron chi connectivity index (χ2n) is 3.55. The van der Waals surface area contributed by atoms with Crippen LogP contribution in [0, 0.1) is 11.8 Å². The molecule has 2 heteroatoms. The van der Waals surface area contributed by atoms with E-state index in [1.54, 1.807) is 0 Å². The molecule has 0 bridgehead atoms. The Morgan fingerprint density at radius 2 is 1.27 bits per heavy atom. The summed E-state index contributed by atoms with van der Waals surface area (Å²) in [5, 5.41) is 2.97. The zero-order valence-electron chi connectivity index (χ0n) is 10.1. The van der Waals surface area contributed by atoms with E-state index in [9.17, 15) is 0 Å². The quantitative estimate of drug-likeness (QED) is 0.560. The van der Waals surface area contributed by atoms with Gasteiger partial charge < -0.3 is 1.43 Å². The van der Waals surface area contributed by atoms with E-state index in [4.69, 9.17) is 0 Å². The Kier molecular flexibility index (Phi) is 14.8. The standard InChI is InChI=1S/2C4H9.CH3.Al.Li.H/c2*1-4(2)3;;;;/h2*4H,1H2,2-3H3;1H3;;;/q;;;+1;;-1. The van der Waals surface area contributed by atoms with E-state index in [0.717, 1.165) is 27.1 Å². The van der Waals surface area contributed by atoms with Crippen molar-refractivity contribution < 1.29 is 1.43 Å². The average molecular weight is 164 g/mol. The van der Waals surface area contributed by atoms with Crippen molar-refractivity contribution >= 4 is 32.9 Å². The molecule has 0 unspecified atom stereocenters. The molecule has 0 aliphatic heterocycles. The molecule has 0 saturated carbocycles. The van der Waals surface area contributed by atoms with Gasteiger partial charge in [-0.3, -0.25) is 0 Å². The zero-order chi connectivity index (χ0) is 9.28. The molecule has 0 atom stereocenters. The first-order chi connectivity index (χ1) is 5.13. The summed E-state index contributed by atoms with van der Waals surface area (Å²) in [4.78, 5) is 0. The van der Waals surface area contributed by atoms with E-state index in [-0.39, 0.29) is 1.43 Å². The van der Waals surface area contributed by atoms with E-state index >= 15 is 0 Å². The van der Waals surface area contributed by atoms with E-state index in [1.165, 1.54) is 10.6 Å². The predicted molar refractivity (Wildman–Crippen MR) is 57.8 cm³/mol. The Morgan fingerprint density at radius 3 is 1.45 bits per heavy atom. The van der Waals surface area contributed by atoms with E-state index in [2.05, 4.69) is 27.7 Å². The second kappa shape index (κ2) is 11.1. The molecule has 0 nitrogen and oxygen atoms in total. The Hall–Kier alpha value is 1.13. The van der Waals surface area contributed by atoms with Crippen LogP contribution in [0.5, 0.6) is 0 Å². The molecule has 62 valence electrons. The summed E-state index contributed by atoms with van der Waals surface area (Å²) < 4.78 is 0. The van der Waals surface area contributed by atoms with Gasteiger partial charge in [0, 0.05) is 0 Å². The van der Waals surface area contributed by atoms with Gasteiger partial charge in [0.25, 0.3) is 0 Å². The normalized spacial score (nSPS) is 9.18. The van der Waals surface area contributed by atoms with Gasteiger partial charge >= 0.3 is 88.6 Å². The maximum atomic E-state index is 2.31. The first-order valence-electron chi connectivity index (χ1n) is 4.94. The molecular weight excluding hydrogens is 142 g/mol. The Bertz CT molecular complexity index is 59.5. The molecule has 0 rings (SSSR count). The molecule has 0 aliphatic carbocycles. The van der Waals surface area contributed by atoms with Gasteiger partial charge in [-0.05, 0) is 0 Å². The fraction of sp³-hybridized carbons (Fsp3) is 1.00. The molecule has 0 radical (unpaired) electrons. The molecule has 0 spiro atoms. The molecule has 0 fully saturated rings. The summed E-state index contributed by atoms with van der Waals surface area (Å²) in [6.45, 7) is 9.25. The van der Waals surface area contributed by atoms with Gasteiger partial charge in [0.1, 0.15) is 0 Å². The first kappa shape index (κ1) is 14.6. The van der Waals surface area contributed by atoms with Gasteiger partial charge in [0.15, 0.2) is 0 Å². The molecule has 0 N–H and O–H groups in total. The Labute approximate surface area is 89.9 Å². The summed E-state index contributed by atoms with van der Waals surface area (Å²) in [5.41, 5.74) is 2.00. The van der Waals surface area contributed by atoms with Crippen LogP contribution in [0.2, 0.25) is 16.2 Å². The first-order valence-corrected chi connectivity index (χ1v) is 6.58. The molecule has 0 saturated heterocycles. The predicted octanol–water partition coefficient (Wildman–Crippen LogP) is 3.15. The average Bonchev–Trinajstić information content (AvgIpc) is 1.90. The molecule has 11 heavy (non-hydrogen) atoms. The third kappa shape index (κ3) is 18.2. The molecule has 0 aliphatic rings. The van der Waals surface area contributed by atoms with Crippen molar-refractivity contribution in [1.82, 2.24) is 0 Å². The van der Waals surface area contributed by atoms with Crippen molar-refractivity contribution in [3.63, 3.8) is 0 Å². The monoisotopic (exact) mass is 164 g/mol. The van der Waals surface area contributed by atoms with Crippen molar-refractivity contribution in [1.29, 1.82) is 0 Å². The minimum atomic E-state index is 0.